The van der Waals surface area contributed by atoms with E-state index < -0.39 is 18.2 Å². The van der Waals surface area contributed by atoms with Crippen molar-refractivity contribution in [2.24, 2.45) is 0 Å². The fraction of sp³-hybridized carbons (Fsp3) is 0.300. The monoisotopic (exact) mass is 231 g/mol. The van der Waals surface area contributed by atoms with Gasteiger partial charge in [-0.25, -0.2) is 4.58 Å². The van der Waals surface area contributed by atoms with Crippen LogP contribution in [-0.2, 0) is 9.53 Å². The third-order valence-electron chi connectivity index (χ3n) is 2.23. The van der Waals surface area contributed by atoms with E-state index in [2.05, 4.69) is 4.74 Å². The molecule has 0 fully saturated rings. The number of carbonyl (C=O) groups excluding carboxylic acids is 1. The van der Waals surface area contributed by atoms with Crippen molar-refractivity contribution in [2.75, 3.05) is 0 Å². The van der Waals surface area contributed by atoms with Crippen molar-refractivity contribution in [3.63, 3.8) is 0 Å². The number of hydrogen-bond donors (Lipinski definition) is 0. The van der Waals surface area contributed by atoms with E-state index in [1.807, 2.05) is 0 Å². The summed E-state index contributed by atoms with van der Waals surface area (Å²) in [6.45, 7) is 0. The van der Waals surface area contributed by atoms with Gasteiger partial charge >= 0.3 is 12.1 Å². The molecule has 1 atom stereocenters. The summed E-state index contributed by atoms with van der Waals surface area (Å²) in [5.74, 6) is -1.09. The van der Waals surface area contributed by atoms with Crippen molar-refractivity contribution < 1.29 is 27.3 Å². The van der Waals surface area contributed by atoms with Gasteiger partial charge in [-0.1, -0.05) is 12.2 Å². The molecule has 0 saturated carbocycles. The van der Waals surface area contributed by atoms with Crippen LogP contribution >= 0.6 is 0 Å². The molecule has 1 aliphatic heterocycles. The lowest BCUT2D eigenvalue weighted by atomic mass is 10.1. The molecule has 6 heteroatoms. The molecule has 1 aliphatic carbocycles. The van der Waals surface area contributed by atoms with Gasteiger partial charge in [0.05, 0.1) is 0 Å². The van der Waals surface area contributed by atoms with Gasteiger partial charge in [0.1, 0.15) is 6.04 Å². The number of halogens is 3. The quantitative estimate of drug-likeness (QED) is 0.506. The second-order valence-corrected chi connectivity index (χ2v) is 3.35. The predicted octanol–water partition coefficient (Wildman–Crippen LogP) is 1.56. The third-order valence-corrected chi connectivity index (χ3v) is 2.23. The molecule has 1 unspecified atom stereocenters. The van der Waals surface area contributed by atoms with Crippen LogP contribution in [0.25, 0.3) is 0 Å². The number of allylic oxidation sites excluding steroid dienone is 2. The van der Waals surface area contributed by atoms with Crippen molar-refractivity contribution in [3.05, 3.63) is 30.3 Å². The van der Waals surface area contributed by atoms with E-state index in [9.17, 15) is 18.0 Å². The summed E-state index contributed by atoms with van der Waals surface area (Å²) in [5, 5.41) is 0. The summed E-state index contributed by atoms with van der Waals surface area (Å²) in [6.07, 6.45) is 0.920. The standard InChI is InChI=1S/C10H8F3NO2/c11-10(12,13)8-9(15)14(6-16-8)7-4-2-1-3-5-7/h1-4,6,8H,5H2. The summed E-state index contributed by atoms with van der Waals surface area (Å²) >= 11 is 0. The zero-order valence-corrected chi connectivity index (χ0v) is 8.07. The highest BCUT2D eigenvalue weighted by molar-refractivity contribution is 5.82. The van der Waals surface area contributed by atoms with Crippen LogP contribution in [0.2, 0.25) is 0 Å². The van der Waals surface area contributed by atoms with E-state index in [0.717, 1.165) is 11.0 Å². The van der Waals surface area contributed by atoms with Crippen LogP contribution in [0.5, 0.6) is 0 Å². The summed E-state index contributed by atoms with van der Waals surface area (Å²) in [7, 11) is 0. The Labute approximate surface area is 89.5 Å². The van der Waals surface area contributed by atoms with Crippen molar-refractivity contribution in [1.29, 1.82) is 0 Å². The lowest BCUT2D eigenvalue weighted by Crippen LogP contribution is -2.39. The molecule has 1 amide bonds. The highest BCUT2D eigenvalue weighted by atomic mass is 19.4. The number of alkyl halides is 3. The van der Waals surface area contributed by atoms with Crippen molar-refractivity contribution in [3.8, 4) is 0 Å². The molecule has 86 valence electrons. The maximum absolute atomic E-state index is 12.3. The Balaban J connectivity index is 2.13. The number of hydrogen-bond acceptors (Lipinski definition) is 2. The minimum absolute atomic E-state index is 0.409. The first kappa shape index (κ1) is 10.8. The van der Waals surface area contributed by atoms with Gasteiger partial charge < -0.3 is 4.74 Å². The molecular weight excluding hydrogens is 223 g/mol. The first-order valence-corrected chi connectivity index (χ1v) is 4.58. The zero-order valence-electron chi connectivity index (χ0n) is 8.07. The Kier molecular flexibility index (Phi) is 2.49. The van der Waals surface area contributed by atoms with E-state index in [0.29, 0.717) is 12.5 Å². The summed E-state index contributed by atoms with van der Waals surface area (Å²) in [5.41, 5.74) is 0. The van der Waals surface area contributed by atoms with Gasteiger partial charge in [0.2, 0.25) is 0 Å². The normalized spacial score (nSPS) is 24.7. The van der Waals surface area contributed by atoms with Gasteiger partial charge in [-0.05, 0) is 0 Å². The maximum Gasteiger partial charge on any atom is 0.429 e. The van der Waals surface area contributed by atoms with E-state index in [1.54, 1.807) is 24.3 Å². The number of ether oxygens (including phenoxy) is 1. The number of rotatable bonds is 1. The summed E-state index contributed by atoms with van der Waals surface area (Å²) in [6, 6.07) is 0.472. The molecule has 0 N–H and O–H groups in total. The average molecular weight is 231 g/mol. The molecule has 1 heterocycles. The molecule has 0 aromatic carbocycles. The van der Waals surface area contributed by atoms with E-state index >= 15 is 0 Å². The molecule has 0 spiro atoms. The second kappa shape index (κ2) is 3.70. The van der Waals surface area contributed by atoms with Crippen LogP contribution in [-0.4, -0.2) is 29.2 Å². The molecule has 0 radical (unpaired) electrons. The van der Waals surface area contributed by atoms with Gasteiger partial charge in [-0.3, -0.25) is 4.79 Å². The number of carbonyl (C=O) groups is 1. The van der Waals surface area contributed by atoms with Crippen LogP contribution in [0, 0.1) is 6.04 Å². The highest BCUT2D eigenvalue weighted by Crippen LogP contribution is 2.28. The average Bonchev–Trinajstić information content (AvgIpc) is 2.61. The van der Waals surface area contributed by atoms with Crippen LogP contribution in [0.1, 0.15) is 6.42 Å². The SMILES string of the molecule is O=C1C(C(F)(F)F)OC=[N+]1[C-]1C=CC=CC1. The van der Waals surface area contributed by atoms with Gasteiger partial charge in [-0.2, -0.15) is 13.2 Å². The minimum atomic E-state index is -4.67. The zero-order chi connectivity index (χ0) is 11.8. The Morgan fingerprint density at radius 1 is 1.44 bits per heavy atom. The van der Waals surface area contributed by atoms with Gasteiger partial charge in [0.25, 0.3) is 12.5 Å². The molecule has 0 aromatic rings. The Hall–Kier alpha value is -1.72. The first-order valence-electron chi connectivity index (χ1n) is 4.58. The molecule has 0 aromatic heterocycles. The van der Waals surface area contributed by atoms with E-state index in [-0.39, 0.29) is 0 Å². The fourth-order valence-corrected chi connectivity index (χ4v) is 1.47. The van der Waals surface area contributed by atoms with Crippen LogP contribution in [0.15, 0.2) is 24.3 Å². The fourth-order valence-electron chi connectivity index (χ4n) is 1.47. The lowest BCUT2D eigenvalue weighted by molar-refractivity contribution is -0.423. The van der Waals surface area contributed by atoms with E-state index in [1.165, 1.54) is 0 Å². The highest BCUT2D eigenvalue weighted by Gasteiger charge is 2.52. The smallest absolute Gasteiger partial charge is 0.429 e. The summed E-state index contributed by atoms with van der Waals surface area (Å²) < 4.78 is 42.2. The molecular formula is C10H8F3NO2. The minimum Gasteiger partial charge on any atom is -0.474 e. The Morgan fingerprint density at radius 2 is 2.19 bits per heavy atom. The second-order valence-electron chi connectivity index (χ2n) is 3.35. The van der Waals surface area contributed by atoms with Crippen molar-refractivity contribution >= 4 is 12.3 Å². The van der Waals surface area contributed by atoms with Crippen molar-refractivity contribution in [2.45, 2.75) is 18.7 Å². The molecule has 2 rings (SSSR count). The topological polar surface area (TPSA) is 29.3 Å². The first-order chi connectivity index (χ1) is 7.50. The molecule has 0 saturated heterocycles. The summed E-state index contributed by atoms with van der Waals surface area (Å²) in [4.78, 5) is 11.4. The van der Waals surface area contributed by atoms with Crippen LogP contribution in [0.4, 0.5) is 13.2 Å². The van der Waals surface area contributed by atoms with E-state index in [4.69, 9.17) is 0 Å². The van der Waals surface area contributed by atoms with Crippen LogP contribution < -0.4 is 0 Å². The Morgan fingerprint density at radius 3 is 2.69 bits per heavy atom. The maximum atomic E-state index is 12.3. The van der Waals surface area contributed by atoms with Crippen LogP contribution in [0.3, 0.4) is 0 Å². The van der Waals surface area contributed by atoms with Gasteiger partial charge in [-0.15, -0.1) is 12.2 Å². The van der Waals surface area contributed by atoms with Crippen molar-refractivity contribution in [1.82, 2.24) is 0 Å². The number of amides is 1. The number of nitrogens with zero attached hydrogens (tertiary/aromatic N) is 1. The largest absolute Gasteiger partial charge is 0.474 e. The molecule has 0 bridgehead atoms. The molecule has 2 aliphatic rings. The predicted molar refractivity (Wildman–Crippen MR) is 48.4 cm³/mol. The molecule has 16 heavy (non-hydrogen) atoms. The van der Waals surface area contributed by atoms with Gasteiger partial charge in [0.15, 0.2) is 0 Å². The Bertz CT molecular complexity index is 395. The van der Waals surface area contributed by atoms with Gasteiger partial charge in [0, 0.05) is 6.42 Å². The third kappa shape index (κ3) is 1.82. The lowest BCUT2D eigenvalue weighted by Gasteiger charge is -2.15. The molecule has 3 nitrogen and oxygen atoms in total.